The molecule has 0 saturated heterocycles. The van der Waals surface area contributed by atoms with E-state index in [-0.39, 0.29) is 11.5 Å². The molecule has 0 unspecified atom stereocenters. The number of nitrogens with zero attached hydrogens (tertiary/aromatic N) is 1. The molecule has 0 bridgehead atoms. The average Bonchev–Trinajstić information content (AvgIpc) is 2.48. The Morgan fingerprint density at radius 2 is 2.05 bits per heavy atom. The molecule has 110 valence electrons. The molecule has 0 spiro atoms. The van der Waals surface area contributed by atoms with E-state index in [4.69, 9.17) is 10.5 Å². The molecule has 2 N–H and O–H groups in total. The minimum atomic E-state index is -0.182. The molecule has 20 heavy (non-hydrogen) atoms. The summed E-state index contributed by atoms with van der Waals surface area (Å²) in [5.41, 5.74) is 8.56. The molecule has 0 radical (unpaired) electrons. The number of amides is 1. The minimum Gasteiger partial charge on any atom is -0.399 e. The van der Waals surface area contributed by atoms with E-state index < -0.39 is 0 Å². The second kappa shape index (κ2) is 5.83. The normalized spacial score (nSPS) is 15.9. The van der Waals surface area contributed by atoms with Gasteiger partial charge in [0.1, 0.15) is 0 Å². The second-order valence-corrected chi connectivity index (χ2v) is 6.25. The molecule has 0 aromatic heterocycles. The lowest BCUT2D eigenvalue weighted by Crippen LogP contribution is -2.35. The van der Waals surface area contributed by atoms with E-state index >= 15 is 0 Å². The van der Waals surface area contributed by atoms with Crippen LogP contribution < -0.4 is 10.6 Å². The lowest BCUT2D eigenvalue weighted by Gasteiger charge is -2.26. The van der Waals surface area contributed by atoms with Crippen molar-refractivity contribution in [2.24, 2.45) is 0 Å². The third-order valence-electron chi connectivity index (χ3n) is 3.38. The summed E-state index contributed by atoms with van der Waals surface area (Å²) in [7, 11) is 0. The number of hydrogen-bond acceptors (Lipinski definition) is 3. The van der Waals surface area contributed by atoms with E-state index in [0.29, 0.717) is 19.6 Å². The first-order valence-electron chi connectivity index (χ1n) is 7.19. The summed E-state index contributed by atoms with van der Waals surface area (Å²) in [6.07, 6.45) is 2.37. The van der Waals surface area contributed by atoms with Gasteiger partial charge in [0.05, 0.1) is 12.2 Å². The largest absolute Gasteiger partial charge is 0.399 e. The SMILES string of the molecule is CC(C)(C)OCCN1C(=O)CCCc2cc(N)ccc21. The molecule has 0 fully saturated rings. The number of fused-ring (bicyclic) bond motifs is 1. The Morgan fingerprint density at radius 3 is 2.75 bits per heavy atom. The van der Waals surface area contributed by atoms with Crippen LogP contribution in [0.5, 0.6) is 0 Å². The second-order valence-electron chi connectivity index (χ2n) is 6.25. The van der Waals surface area contributed by atoms with Crippen molar-refractivity contribution in [3.63, 3.8) is 0 Å². The van der Waals surface area contributed by atoms with Gasteiger partial charge in [-0.05, 0) is 57.4 Å². The molecule has 1 aromatic carbocycles. The molecule has 1 aliphatic heterocycles. The molecule has 0 aliphatic carbocycles. The summed E-state index contributed by atoms with van der Waals surface area (Å²) >= 11 is 0. The number of rotatable bonds is 3. The van der Waals surface area contributed by atoms with Crippen molar-refractivity contribution in [2.45, 2.75) is 45.6 Å². The van der Waals surface area contributed by atoms with Crippen molar-refractivity contribution in [1.29, 1.82) is 0 Å². The fourth-order valence-corrected chi connectivity index (χ4v) is 2.46. The molecule has 1 aliphatic rings. The molecule has 1 aromatic rings. The summed E-state index contributed by atoms with van der Waals surface area (Å²) in [6, 6.07) is 5.78. The van der Waals surface area contributed by atoms with Gasteiger partial charge in [0.2, 0.25) is 5.91 Å². The van der Waals surface area contributed by atoms with Gasteiger partial charge in [0.25, 0.3) is 0 Å². The topological polar surface area (TPSA) is 55.6 Å². The van der Waals surface area contributed by atoms with Crippen molar-refractivity contribution in [3.8, 4) is 0 Å². The van der Waals surface area contributed by atoms with Gasteiger partial charge in [-0.15, -0.1) is 0 Å². The lowest BCUT2D eigenvalue weighted by atomic mass is 10.1. The smallest absolute Gasteiger partial charge is 0.227 e. The highest BCUT2D eigenvalue weighted by molar-refractivity contribution is 5.95. The van der Waals surface area contributed by atoms with Crippen LogP contribution in [0.2, 0.25) is 0 Å². The highest BCUT2D eigenvalue weighted by Gasteiger charge is 2.22. The van der Waals surface area contributed by atoms with Gasteiger partial charge in [0, 0.05) is 24.3 Å². The fraction of sp³-hybridized carbons (Fsp3) is 0.562. The maximum Gasteiger partial charge on any atom is 0.227 e. The highest BCUT2D eigenvalue weighted by atomic mass is 16.5. The standard InChI is InChI=1S/C16H24N2O2/c1-16(2,3)20-10-9-18-14-8-7-13(17)11-12(14)5-4-6-15(18)19/h7-8,11H,4-6,9-10,17H2,1-3H3. The minimum absolute atomic E-state index is 0.172. The van der Waals surface area contributed by atoms with E-state index in [1.54, 1.807) is 0 Å². The zero-order valence-corrected chi connectivity index (χ0v) is 12.6. The van der Waals surface area contributed by atoms with E-state index in [1.165, 1.54) is 0 Å². The first-order chi connectivity index (χ1) is 9.37. The number of aryl methyl sites for hydroxylation is 1. The van der Waals surface area contributed by atoms with Crippen LogP contribution >= 0.6 is 0 Å². The monoisotopic (exact) mass is 276 g/mol. The van der Waals surface area contributed by atoms with Crippen molar-refractivity contribution in [3.05, 3.63) is 23.8 Å². The third kappa shape index (κ3) is 3.73. The van der Waals surface area contributed by atoms with Crippen LogP contribution in [0.1, 0.15) is 39.2 Å². The molecular formula is C16H24N2O2. The van der Waals surface area contributed by atoms with Crippen molar-refractivity contribution in [2.75, 3.05) is 23.8 Å². The Bertz CT molecular complexity index is 492. The van der Waals surface area contributed by atoms with Gasteiger partial charge in [0.15, 0.2) is 0 Å². The summed E-state index contributed by atoms with van der Waals surface area (Å²) in [6.45, 7) is 7.19. The van der Waals surface area contributed by atoms with E-state index in [9.17, 15) is 4.79 Å². The molecule has 0 saturated carbocycles. The van der Waals surface area contributed by atoms with Gasteiger partial charge < -0.3 is 15.4 Å². The Hall–Kier alpha value is -1.55. The lowest BCUT2D eigenvalue weighted by molar-refractivity contribution is -0.119. The van der Waals surface area contributed by atoms with Crippen LogP contribution in [-0.2, 0) is 16.0 Å². The molecule has 4 heteroatoms. The van der Waals surface area contributed by atoms with Crippen LogP contribution in [0.25, 0.3) is 0 Å². The van der Waals surface area contributed by atoms with E-state index in [2.05, 4.69) is 0 Å². The number of ether oxygens (including phenoxy) is 1. The van der Waals surface area contributed by atoms with E-state index in [1.807, 2.05) is 43.9 Å². The summed E-state index contributed by atoms with van der Waals surface area (Å²) in [4.78, 5) is 14.1. The first kappa shape index (κ1) is 14.9. The Morgan fingerprint density at radius 1 is 1.30 bits per heavy atom. The predicted molar refractivity (Wildman–Crippen MR) is 81.9 cm³/mol. The molecular weight excluding hydrogens is 252 g/mol. The van der Waals surface area contributed by atoms with Crippen LogP contribution in [0.15, 0.2) is 18.2 Å². The van der Waals surface area contributed by atoms with Gasteiger partial charge in [-0.3, -0.25) is 4.79 Å². The van der Waals surface area contributed by atoms with Gasteiger partial charge >= 0.3 is 0 Å². The molecule has 1 amide bonds. The van der Waals surface area contributed by atoms with Gasteiger partial charge in [-0.1, -0.05) is 0 Å². The number of benzene rings is 1. The number of carbonyl (C=O) groups is 1. The van der Waals surface area contributed by atoms with Crippen LogP contribution in [-0.4, -0.2) is 24.7 Å². The Kier molecular flexibility index (Phi) is 4.33. The fourth-order valence-electron chi connectivity index (χ4n) is 2.46. The number of anilines is 2. The number of nitrogen functional groups attached to an aromatic ring is 1. The zero-order chi connectivity index (χ0) is 14.8. The molecule has 0 atom stereocenters. The van der Waals surface area contributed by atoms with Crippen molar-refractivity contribution >= 4 is 17.3 Å². The zero-order valence-electron chi connectivity index (χ0n) is 12.6. The molecule has 2 rings (SSSR count). The summed E-state index contributed by atoms with van der Waals surface area (Å²) in [5, 5.41) is 0. The maximum absolute atomic E-state index is 12.3. The third-order valence-corrected chi connectivity index (χ3v) is 3.38. The Labute approximate surface area is 120 Å². The van der Waals surface area contributed by atoms with E-state index in [0.717, 1.165) is 29.8 Å². The first-order valence-corrected chi connectivity index (χ1v) is 7.19. The average molecular weight is 276 g/mol. The predicted octanol–water partition coefficient (Wildman–Crippen LogP) is 2.75. The number of carbonyl (C=O) groups excluding carboxylic acids is 1. The van der Waals surface area contributed by atoms with Gasteiger partial charge in [-0.25, -0.2) is 0 Å². The van der Waals surface area contributed by atoms with Crippen LogP contribution in [0.3, 0.4) is 0 Å². The number of nitrogens with two attached hydrogens (primary N) is 1. The number of hydrogen-bond donors (Lipinski definition) is 1. The van der Waals surface area contributed by atoms with Crippen molar-refractivity contribution < 1.29 is 9.53 Å². The highest BCUT2D eigenvalue weighted by Crippen LogP contribution is 2.28. The summed E-state index contributed by atoms with van der Waals surface area (Å²) in [5.74, 6) is 0.172. The summed E-state index contributed by atoms with van der Waals surface area (Å²) < 4.78 is 5.74. The van der Waals surface area contributed by atoms with Gasteiger partial charge in [-0.2, -0.15) is 0 Å². The van der Waals surface area contributed by atoms with Crippen molar-refractivity contribution in [1.82, 2.24) is 0 Å². The van der Waals surface area contributed by atoms with Crippen LogP contribution in [0.4, 0.5) is 11.4 Å². The molecule has 4 nitrogen and oxygen atoms in total. The maximum atomic E-state index is 12.3. The Balaban J connectivity index is 2.16. The quantitative estimate of drug-likeness (QED) is 0.864. The van der Waals surface area contributed by atoms with Crippen LogP contribution in [0, 0.1) is 0 Å². The molecule has 1 heterocycles.